The summed E-state index contributed by atoms with van der Waals surface area (Å²) in [6.45, 7) is 0. The van der Waals surface area contributed by atoms with Gasteiger partial charge in [-0.05, 0) is 36.4 Å². The molecule has 0 unspecified atom stereocenters. The first kappa shape index (κ1) is 13.8. The topological polar surface area (TPSA) is 64.3 Å². The van der Waals surface area contributed by atoms with Crippen LogP contribution < -0.4 is 4.74 Å². The van der Waals surface area contributed by atoms with Crippen LogP contribution in [0.4, 0.5) is 4.39 Å². The normalized spacial score (nSPS) is 10.4. The molecule has 0 fully saturated rings. The largest absolute Gasteiger partial charge is 0.476 e. The molecule has 0 aliphatic carbocycles. The van der Waals surface area contributed by atoms with Crippen LogP contribution in [0.1, 0.15) is 10.5 Å². The van der Waals surface area contributed by atoms with Crippen LogP contribution in [0.15, 0.2) is 60.8 Å². The number of rotatable bonds is 4. The molecule has 5 nitrogen and oxygen atoms in total. The second-order valence-electron chi connectivity index (χ2n) is 4.47. The van der Waals surface area contributed by atoms with E-state index in [1.165, 1.54) is 35.1 Å². The number of carboxylic acid groups (broad SMARTS) is 1. The maximum absolute atomic E-state index is 13.0. The summed E-state index contributed by atoms with van der Waals surface area (Å²) in [5.74, 6) is -0.979. The second-order valence-corrected chi connectivity index (χ2v) is 4.47. The first-order valence-electron chi connectivity index (χ1n) is 6.45. The minimum atomic E-state index is -1.19. The molecule has 110 valence electrons. The van der Waals surface area contributed by atoms with E-state index in [9.17, 15) is 14.3 Å². The van der Waals surface area contributed by atoms with Crippen LogP contribution in [0.2, 0.25) is 0 Å². The Labute approximate surface area is 125 Å². The number of carboxylic acids is 1. The fourth-order valence-electron chi connectivity index (χ4n) is 2.00. The molecule has 1 heterocycles. The van der Waals surface area contributed by atoms with E-state index in [0.29, 0.717) is 11.4 Å². The van der Waals surface area contributed by atoms with E-state index in [-0.39, 0.29) is 11.4 Å². The van der Waals surface area contributed by atoms with Crippen LogP contribution in [0.3, 0.4) is 0 Å². The summed E-state index contributed by atoms with van der Waals surface area (Å²) in [6, 6.07) is 14.2. The number of aromatic nitrogens is 2. The smallest absolute Gasteiger partial charge is 0.358 e. The Morgan fingerprint density at radius 2 is 1.77 bits per heavy atom. The van der Waals surface area contributed by atoms with Gasteiger partial charge in [-0.15, -0.1) is 0 Å². The molecule has 0 spiro atoms. The molecular formula is C16H11FN2O3. The number of aromatic carboxylic acids is 1. The van der Waals surface area contributed by atoms with Crippen molar-refractivity contribution in [1.29, 1.82) is 0 Å². The molecule has 1 N–H and O–H groups in total. The highest BCUT2D eigenvalue weighted by Crippen LogP contribution is 2.27. The number of benzene rings is 2. The lowest BCUT2D eigenvalue weighted by Crippen LogP contribution is -2.09. The number of halogens is 1. The Balaban J connectivity index is 2.02. The van der Waals surface area contributed by atoms with Gasteiger partial charge in [-0.3, -0.25) is 0 Å². The molecule has 0 bridgehead atoms. The lowest BCUT2D eigenvalue weighted by Gasteiger charge is -2.07. The van der Waals surface area contributed by atoms with E-state index in [1.807, 2.05) is 6.07 Å². The molecule has 0 amide bonds. The van der Waals surface area contributed by atoms with Gasteiger partial charge >= 0.3 is 5.97 Å². The summed E-state index contributed by atoms with van der Waals surface area (Å²) < 4.78 is 19.7. The third kappa shape index (κ3) is 2.67. The van der Waals surface area contributed by atoms with Crippen molar-refractivity contribution in [3.8, 4) is 17.2 Å². The predicted molar refractivity (Wildman–Crippen MR) is 77.0 cm³/mol. The van der Waals surface area contributed by atoms with E-state index >= 15 is 0 Å². The summed E-state index contributed by atoms with van der Waals surface area (Å²) in [5.41, 5.74) is 0.303. The van der Waals surface area contributed by atoms with Crippen molar-refractivity contribution in [2.24, 2.45) is 0 Å². The van der Waals surface area contributed by atoms with Crippen LogP contribution in [0.25, 0.3) is 5.69 Å². The Bertz CT molecular complexity index is 798. The third-order valence-corrected chi connectivity index (χ3v) is 2.98. The van der Waals surface area contributed by atoms with Crippen LogP contribution in [0.5, 0.6) is 11.5 Å². The SMILES string of the molecule is O=C(O)c1c(Oc2ccccc2)cnn1-c1ccc(F)cc1. The maximum atomic E-state index is 13.0. The van der Waals surface area contributed by atoms with Crippen LogP contribution in [-0.2, 0) is 0 Å². The molecule has 0 radical (unpaired) electrons. The lowest BCUT2D eigenvalue weighted by atomic mass is 10.3. The molecule has 0 aliphatic rings. The van der Waals surface area contributed by atoms with Gasteiger partial charge in [-0.1, -0.05) is 18.2 Å². The second kappa shape index (κ2) is 5.69. The van der Waals surface area contributed by atoms with E-state index in [4.69, 9.17) is 4.74 Å². The van der Waals surface area contributed by atoms with Gasteiger partial charge in [0.25, 0.3) is 0 Å². The summed E-state index contributed by atoms with van der Waals surface area (Å²) in [7, 11) is 0. The molecule has 2 aromatic carbocycles. The Morgan fingerprint density at radius 3 is 2.41 bits per heavy atom. The molecule has 0 saturated carbocycles. The molecular weight excluding hydrogens is 287 g/mol. The van der Waals surface area contributed by atoms with Gasteiger partial charge in [0.15, 0.2) is 11.4 Å². The Morgan fingerprint density at radius 1 is 1.09 bits per heavy atom. The number of carbonyl (C=O) groups is 1. The predicted octanol–water partition coefficient (Wildman–Crippen LogP) is 3.50. The van der Waals surface area contributed by atoms with Gasteiger partial charge in [0.2, 0.25) is 0 Å². The first-order valence-corrected chi connectivity index (χ1v) is 6.45. The zero-order valence-corrected chi connectivity index (χ0v) is 11.3. The van der Waals surface area contributed by atoms with E-state index in [0.717, 1.165) is 0 Å². The number of hydrogen-bond acceptors (Lipinski definition) is 3. The van der Waals surface area contributed by atoms with Gasteiger partial charge in [0, 0.05) is 0 Å². The molecule has 3 aromatic rings. The Kier molecular flexibility index (Phi) is 3.57. The monoisotopic (exact) mass is 298 g/mol. The van der Waals surface area contributed by atoms with Crippen molar-refractivity contribution in [3.05, 3.63) is 72.3 Å². The fraction of sp³-hybridized carbons (Fsp3) is 0. The number of para-hydroxylation sites is 1. The van der Waals surface area contributed by atoms with Crippen LogP contribution >= 0.6 is 0 Å². The van der Waals surface area contributed by atoms with Crippen molar-refractivity contribution in [2.75, 3.05) is 0 Å². The van der Waals surface area contributed by atoms with Gasteiger partial charge in [0.05, 0.1) is 11.9 Å². The van der Waals surface area contributed by atoms with Crippen LogP contribution in [-0.4, -0.2) is 20.9 Å². The van der Waals surface area contributed by atoms with E-state index in [2.05, 4.69) is 5.10 Å². The quantitative estimate of drug-likeness (QED) is 0.800. The van der Waals surface area contributed by atoms with Crippen molar-refractivity contribution in [1.82, 2.24) is 9.78 Å². The highest BCUT2D eigenvalue weighted by molar-refractivity contribution is 5.89. The Hall–Kier alpha value is -3.15. The summed E-state index contributed by atoms with van der Waals surface area (Å²) >= 11 is 0. The van der Waals surface area contributed by atoms with Gasteiger partial charge in [-0.25, -0.2) is 13.9 Å². The first-order chi connectivity index (χ1) is 10.6. The van der Waals surface area contributed by atoms with Gasteiger partial charge in [0.1, 0.15) is 11.6 Å². The van der Waals surface area contributed by atoms with Crippen molar-refractivity contribution in [2.45, 2.75) is 0 Å². The van der Waals surface area contributed by atoms with Crippen LogP contribution in [0, 0.1) is 5.82 Å². The fourth-order valence-corrected chi connectivity index (χ4v) is 2.00. The minimum Gasteiger partial charge on any atom is -0.476 e. The summed E-state index contributed by atoms with van der Waals surface area (Å²) in [4.78, 5) is 11.5. The van der Waals surface area contributed by atoms with Gasteiger partial charge in [-0.2, -0.15) is 5.10 Å². The third-order valence-electron chi connectivity index (χ3n) is 2.98. The molecule has 0 aliphatic heterocycles. The van der Waals surface area contributed by atoms with Crippen molar-refractivity contribution in [3.63, 3.8) is 0 Å². The number of hydrogen-bond donors (Lipinski definition) is 1. The average molecular weight is 298 g/mol. The highest BCUT2D eigenvalue weighted by atomic mass is 19.1. The van der Waals surface area contributed by atoms with Crippen molar-refractivity contribution < 1.29 is 19.0 Å². The van der Waals surface area contributed by atoms with Crippen molar-refractivity contribution >= 4 is 5.97 Å². The maximum Gasteiger partial charge on any atom is 0.358 e. The molecule has 3 rings (SSSR count). The molecule has 6 heteroatoms. The molecule has 0 saturated heterocycles. The lowest BCUT2D eigenvalue weighted by molar-refractivity contribution is 0.0684. The summed E-state index contributed by atoms with van der Waals surface area (Å²) in [5, 5.41) is 13.4. The standard InChI is InChI=1S/C16H11FN2O3/c17-11-6-8-12(9-7-11)19-15(16(20)21)14(10-18-19)22-13-4-2-1-3-5-13/h1-10H,(H,20,21). The van der Waals surface area contributed by atoms with Gasteiger partial charge < -0.3 is 9.84 Å². The van der Waals surface area contributed by atoms with E-state index in [1.54, 1.807) is 24.3 Å². The highest BCUT2D eigenvalue weighted by Gasteiger charge is 2.21. The molecule has 22 heavy (non-hydrogen) atoms. The molecule has 0 atom stereocenters. The number of nitrogens with zero attached hydrogens (tertiary/aromatic N) is 2. The average Bonchev–Trinajstić information content (AvgIpc) is 2.93. The number of ether oxygens (including phenoxy) is 1. The zero-order valence-electron chi connectivity index (χ0n) is 11.3. The molecule has 1 aromatic heterocycles. The van der Waals surface area contributed by atoms with E-state index < -0.39 is 11.8 Å². The zero-order chi connectivity index (χ0) is 15.5. The summed E-state index contributed by atoms with van der Waals surface area (Å²) in [6.07, 6.45) is 1.32. The minimum absolute atomic E-state index is 0.114.